The Morgan fingerprint density at radius 2 is 1.76 bits per heavy atom. The van der Waals surface area contributed by atoms with E-state index < -0.39 is 0 Å². The van der Waals surface area contributed by atoms with Crippen LogP contribution >= 0.6 is 0 Å². The number of fused-ring (bicyclic) bond motifs is 1. The minimum Gasteiger partial charge on any atom is -0.497 e. The lowest BCUT2D eigenvalue weighted by molar-refractivity contribution is 0.0601. The Kier molecular flexibility index (Phi) is 5.11. The van der Waals surface area contributed by atoms with Gasteiger partial charge < -0.3 is 14.8 Å². The summed E-state index contributed by atoms with van der Waals surface area (Å²) < 4.78 is 11.7. The molecule has 0 aliphatic heterocycles. The topological polar surface area (TPSA) is 77.8 Å². The third-order valence-corrected chi connectivity index (χ3v) is 4.60. The molecule has 2 heterocycles. The molecule has 0 fully saturated rings. The number of hydrogen-bond donors (Lipinski definition) is 1. The average Bonchev–Trinajstić information content (AvgIpc) is 3.21. The lowest BCUT2D eigenvalue weighted by Gasteiger charge is -2.08. The van der Waals surface area contributed by atoms with Crippen LogP contribution in [0.4, 0.5) is 5.82 Å². The van der Waals surface area contributed by atoms with Crippen molar-refractivity contribution in [3.8, 4) is 17.0 Å². The number of carbonyl (C=O) groups is 1. The van der Waals surface area contributed by atoms with Crippen LogP contribution in [-0.4, -0.2) is 34.8 Å². The fraction of sp³-hybridized carbons (Fsp3) is 0.136. The molecule has 29 heavy (non-hydrogen) atoms. The van der Waals surface area contributed by atoms with Gasteiger partial charge in [-0.1, -0.05) is 24.3 Å². The molecule has 0 spiro atoms. The van der Waals surface area contributed by atoms with Crippen LogP contribution in [0.3, 0.4) is 0 Å². The van der Waals surface area contributed by atoms with E-state index in [1.807, 2.05) is 48.5 Å². The molecule has 0 aliphatic carbocycles. The monoisotopic (exact) mass is 388 g/mol. The number of nitrogens with one attached hydrogen (secondary N) is 1. The van der Waals surface area contributed by atoms with Crippen molar-refractivity contribution in [3.63, 3.8) is 0 Å². The van der Waals surface area contributed by atoms with Crippen molar-refractivity contribution in [1.29, 1.82) is 0 Å². The molecule has 0 aliphatic rings. The Hall–Kier alpha value is -3.87. The molecule has 146 valence electrons. The first-order valence-electron chi connectivity index (χ1n) is 9.08. The number of methoxy groups -OCH3 is 2. The molecule has 0 bridgehead atoms. The zero-order chi connectivity index (χ0) is 20.2. The van der Waals surface area contributed by atoms with E-state index >= 15 is 0 Å². The Labute approximate surface area is 167 Å². The summed E-state index contributed by atoms with van der Waals surface area (Å²) >= 11 is 0. The van der Waals surface area contributed by atoms with Crippen LogP contribution in [0.2, 0.25) is 0 Å². The van der Waals surface area contributed by atoms with Gasteiger partial charge in [-0.25, -0.2) is 14.3 Å². The quantitative estimate of drug-likeness (QED) is 0.506. The van der Waals surface area contributed by atoms with Gasteiger partial charge in [-0.3, -0.25) is 0 Å². The maximum Gasteiger partial charge on any atom is 0.337 e. The summed E-state index contributed by atoms with van der Waals surface area (Å²) in [5.74, 6) is 1.20. The zero-order valence-corrected chi connectivity index (χ0v) is 16.1. The minimum absolute atomic E-state index is 0.363. The van der Waals surface area contributed by atoms with Crippen molar-refractivity contribution in [1.82, 2.24) is 14.6 Å². The van der Waals surface area contributed by atoms with Gasteiger partial charge in [-0.05, 0) is 42.0 Å². The maximum atomic E-state index is 11.6. The third-order valence-electron chi connectivity index (χ3n) is 4.60. The molecule has 0 unspecified atom stereocenters. The fourth-order valence-corrected chi connectivity index (χ4v) is 3.00. The zero-order valence-electron chi connectivity index (χ0n) is 16.1. The van der Waals surface area contributed by atoms with Crippen molar-refractivity contribution in [3.05, 3.63) is 78.0 Å². The molecule has 0 atom stereocenters. The summed E-state index contributed by atoms with van der Waals surface area (Å²) in [6, 6.07) is 18.9. The van der Waals surface area contributed by atoms with Gasteiger partial charge in [0.25, 0.3) is 0 Å². The highest BCUT2D eigenvalue weighted by Crippen LogP contribution is 2.22. The van der Waals surface area contributed by atoms with Gasteiger partial charge in [0.15, 0.2) is 5.65 Å². The molecule has 1 N–H and O–H groups in total. The highest BCUT2D eigenvalue weighted by atomic mass is 16.5. The van der Waals surface area contributed by atoms with E-state index in [9.17, 15) is 4.79 Å². The second kappa shape index (κ2) is 8.02. The summed E-state index contributed by atoms with van der Waals surface area (Å²) in [5.41, 5.74) is 4.11. The van der Waals surface area contributed by atoms with Crippen LogP contribution in [0, 0.1) is 0 Å². The maximum absolute atomic E-state index is 11.6. The molecule has 0 saturated carbocycles. The van der Waals surface area contributed by atoms with Gasteiger partial charge in [-0.15, -0.1) is 5.10 Å². The molecule has 2 aromatic heterocycles. The molecule has 4 rings (SSSR count). The number of hydrogen-bond acceptors (Lipinski definition) is 6. The molecule has 7 heteroatoms. The first-order valence-corrected chi connectivity index (χ1v) is 9.08. The third kappa shape index (κ3) is 3.89. The van der Waals surface area contributed by atoms with E-state index in [1.165, 1.54) is 7.11 Å². The van der Waals surface area contributed by atoms with Crippen molar-refractivity contribution in [2.24, 2.45) is 0 Å². The smallest absolute Gasteiger partial charge is 0.337 e. The molecule has 2 aromatic carbocycles. The number of ether oxygens (including phenoxy) is 2. The number of nitrogens with zero attached hydrogens (tertiary/aromatic N) is 3. The number of rotatable bonds is 6. The van der Waals surface area contributed by atoms with Gasteiger partial charge in [-0.2, -0.15) is 0 Å². The van der Waals surface area contributed by atoms with Crippen molar-refractivity contribution in [2.75, 3.05) is 19.5 Å². The summed E-state index contributed by atoms with van der Waals surface area (Å²) in [7, 11) is 3.02. The normalized spacial score (nSPS) is 10.7. The number of imidazole rings is 1. The molecule has 7 nitrogen and oxygen atoms in total. The van der Waals surface area contributed by atoms with Crippen molar-refractivity contribution in [2.45, 2.75) is 6.54 Å². The number of anilines is 1. The summed E-state index contributed by atoms with van der Waals surface area (Å²) in [5, 5.41) is 7.99. The van der Waals surface area contributed by atoms with E-state index in [-0.39, 0.29) is 5.97 Å². The van der Waals surface area contributed by atoms with Gasteiger partial charge in [0, 0.05) is 12.1 Å². The number of aromatic nitrogens is 3. The second-order valence-electron chi connectivity index (χ2n) is 6.40. The minimum atomic E-state index is -0.363. The average molecular weight is 388 g/mol. The Bertz CT molecular complexity index is 1140. The molecular weight excluding hydrogens is 368 g/mol. The predicted octanol–water partition coefficient (Wildman–Crippen LogP) is 3.80. The van der Waals surface area contributed by atoms with E-state index in [4.69, 9.17) is 9.47 Å². The van der Waals surface area contributed by atoms with Gasteiger partial charge in [0.2, 0.25) is 0 Å². The van der Waals surface area contributed by atoms with E-state index in [2.05, 4.69) is 15.4 Å². The molecule has 0 radical (unpaired) electrons. The highest BCUT2D eigenvalue weighted by Gasteiger charge is 2.10. The van der Waals surface area contributed by atoms with Crippen LogP contribution < -0.4 is 10.1 Å². The summed E-state index contributed by atoms with van der Waals surface area (Å²) in [6.07, 6.45) is 1.77. The Morgan fingerprint density at radius 3 is 2.45 bits per heavy atom. The van der Waals surface area contributed by atoms with Gasteiger partial charge in [0.05, 0.1) is 31.7 Å². The van der Waals surface area contributed by atoms with Gasteiger partial charge >= 0.3 is 5.97 Å². The predicted molar refractivity (Wildman–Crippen MR) is 110 cm³/mol. The van der Waals surface area contributed by atoms with E-state index in [0.717, 1.165) is 34.0 Å². The summed E-state index contributed by atoms with van der Waals surface area (Å²) in [4.78, 5) is 16.0. The number of carbonyl (C=O) groups excluding carboxylic acids is 1. The lowest BCUT2D eigenvalue weighted by atomic mass is 10.1. The fourth-order valence-electron chi connectivity index (χ4n) is 3.00. The molecule has 0 amide bonds. The van der Waals surface area contributed by atoms with Crippen LogP contribution in [-0.2, 0) is 11.3 Å². The summed E-state index contributed by atoms with van der Waals surface area (Å²) in [6.45, 7) is 0.639. The van der Waals surface area contributed by atoms with Crippen molar-refractivity contribution < 1.29 is 14.3 Å². The molecule has 4 aromatic rings. The van der Waals surface area contributed by atoms with Gasteiger partial charge in [0.1, 0.15) is 11.6 Å². The first kappa shape index (κ1) is 18.5. The largest absolute Gasteiger partial charge is 0.497 e. The Balaban J connectivity index is 1.56. The highest BCUT2D eigenvalue weighted by molar-refractivity contribution is 5.89. The number of esters is 1. The first-order chi connectivity index (χ1) is 14.2. The lowest BCUT2D eigenvalue weighted by Crippen LogP contribution is -2.05. The van der Waals surface area contributed by atoms with Crippen LogP contribution in [0.5, 0.6) is 5.75 Å². The van der Waals surface area contributed by atoms with Crippen LogP contribution in [0.1, 0.15) is 15.9 Å². The molecule has 0 saturated heterocycles. The SMILES string of the molecule is COC(=O)c1ccc(-c2cnc3ccc(NCc4ccc(OC)cc4)nn23)cc1. The van der Waals surface area contributed by atoms with E-state index in [1.54, 1.807) is 30.0 Å². The van der Waals surface area contributed by atoms with Crippen molar-refractivity contribution >= 4 is 17.4 Å². The molecular formula is C22H20N4O3. The second-order valence-corrected chi connectivity index (χ2v) is 6.40. The van der Waals surface area contributed by atoms with Crippen LogP contribution in [0.25, 0.3) is 16.9 Å². The number of benzene rings is 2. The van der Waals surface area contributed by atoms with Crippen LogP contribution in [0.15, 0.2) is 66.9 Å². The standard InChI is InChI=1S/C22H20N4O3/c1-28-18-9-3-15(4-10-18)13-23-20-11-12-21-24-14-19(26(21)25-20)16-5-7-17(8-6-16)22(27)29-2/h3-12,14H,13H2,1-2H3,(H,23,25). The Morgan fingerprint density at radius 1 is 1.00 bits per heavy atom. The van der Waals surface area contributed by atoms with E-state index in [0.29, 0.717) is 12.1 Å².